The van der Waals surface area contributed by atoms with E-state index in [2.05, 4.69) is 4.98 Å². The normalized spacial score (nSPS) is 10.6. The summed E-state index contributed by atoms with van der Waals surface area (Å²) in [6.45, 7) is 1.66. The minimum atomic E-state index is -0.606. The van der Waals surface area contributed by atoms with E-state index in [4.69, 9.17) is 9.15 Å². The molecule has 0 aliphatic rings. The maximum Gasteiger partial charge on any atom is 0.343 e. The van der Waals surface area contributed by atoms with E-state index in [0.29, 0.717) is 17.3 Å². The molecule has 3 heterocycles. The van der Waals surface area contributed by atoms with E-state index in [1.54, 1.807) is 23.9 Å². The van der Waals surface area contributed by atoms with Crippen LogP contribution in [0.1, 0.15) is 27.4 Å². The third kappa shape index (κ3) is 3.33. The number of rotatable bonds is 5. The number of carbonyl (C=O) groups excluding carboxylic acids is 1. The first kappa shape index (κ1) is 17.8. The fourth-order valence-electron chi connectivity index (χ4n) is 2.83. The fraction of sp³-hybridized carbons (Fsp3) is 0.0952. The molecule has 0 saturated heterocycles. The SMILES string of the molecule is Cc1oc(-n2cccc2)c(C#N)c1C(=O)OCc1csc(-c2ccccc2)n1. The van der Waals surface area contributed by atoms with Gasteiger partial charge in [-0.3, -0.25) is 4.57 Å². The largest absolute Gasteiger partial charge is 0.455 e. The first-order valence-corrected chi connectivity index (χ1v) is 9.39. The molecule has 0 aliphatic carbocycles. The van der Waals surface area contributed by atoms with Gasteiger partial charge in [-0.25, -0.2) is 9.78 Å². The Labute approximate surface area is 165 Å². The predicted octanol–water partition coefficient (Wildman–Crippen LogP) is 4.73. The highest BCUT2D eigenvalue weighted by molar-refractivity contribution is 7.13. The molecule has 0 bridgehead atoms. The van der Waals surface area contributed by atoms with Crippen molar-refractivity contribution in [1.29, 1.82) is 5.26 Å². The molecule has 0 N–H and O–H groups in total. The maximum absolute atomic E-state index is 12.6. The third-order valence-electron chi connectivity index (χ3n) is 4.14. The van der Waals surface area contributed by atoms with Crippen molar-refractivity contribution in [2.24, 2.45) is 0 Å². The molecule has 7 heteroatoms. The van der Waals surface area contributed by atoms with Crippen LogP contribution < -0.4 is 0 Å². The Kier molecular flexibility index (Phi) is 4.79. The topological polar surface area (TPSA) is 81.0 Å². The Bertz CT molecular complexity index is 1150. The standard InChI is InChI=1S/C21H15N3O3S/c1-14-18(17(11-22)20(27-14)24-9-5-6-10-24)21(25)26-12-16-13-28-19(23-16)15-7-3-2-4-8-15/h2-10,13H,12H2,1H3. The second-order valence-corrected chi connectivity index (χ2v) is 6.86. The van der Waals surface area contributed by atoms with E-state index >= 15 is 0 Å². The summed E-state index contributed by atoms with van der Waals surface area (Å²) in [5.41, 5.74) is 1.97. The van der Waals surface area contributed by atoms with Crippen LogP contribution in [0.15, 0.2) is 64.7 Å². The second-order valence-electron chi connectivity index (χ2n) is 6.00. The molecule has 0 radical (unpaired) electrons. The van der Waals surface area contributed by atoms with Gasteiger partial charge in [0, 0.05) is 23.3 Å². The Morgan fingerprint density at radius 1 is 1.25 bits per heavy atom. The van der Waals surface area contributed by atoms with Gasteiger partial charge in [0.2, 0.25) is 5.88 Å². The number of ether oxygens (including phenoxy) is 1. The van der Waals surface area contributed by atoms with Crippen molar-refractivity contribution < 1.29 is 13.9 Å². The van der Waals surface area contributed by atoms with Gasteiger partial charge in [-0.2, -0.15) is 5.26 Å². The summed E-state index contributed by atoms with van der Waals surface area (Å²) in [6, 6.07) is 15.5. The number of esters is 1. The van der Waals surface area contributed by atoms with Crippen LogP contribution in [0.3, 0.4) is 0 Å². The van der Waals surface area contributed by atoms with Crippen molar-refractivity contribution in [2.45, 2.75) is 13.5 Å². The number of aromatic nitrogens is 2. The molecule has 0 aliphatic heterocycles. The molecule has 0 unspecified atom stereocenters. The van der Waals surface area contributed by atoms with Gasteiger partial charge in [-0.15, -0.1) is 11.3 Å². The van der Waals surface area contributed by atoms with Gasteiger partial charge >= 0.3 is 5.97 Å². The first-order chi connectivity index (χ1) is 13.7. The third-order valence-corrected chi connectivity index (χ3v) is 5.08. The lowest BCUT2D eigenvalue weighted by Gasteiger charge is -2.02. The van der Waals surface area contributed by atoms with Gasteiger partial charge in [0.25, 0.3) is 0 Å². The maximum atomic E-state index is 12.6. The van der Waals surface area contributed by atoms with Crippen molar-refractivity contribution in [3.63, 3.8) is 0 Å². The van der Waals surface area contributed by atoms with Crippen molar-refractivity contribution in [1.82, 2.24) is 9.55 Å². The summed E-state index contributed by atoms with van der Waals surface area (Å²) in [7, 11) is 0. The molecule has 6 nitrogen and oxygen atoms in total. The van der Waals surface area contributed by atoms with Crippen molar-refractivity contribution in [3.05, 3.63) is 82.8 Å². The van der Waals surface area contributed by atoms with E-state index in [0.717, 1.165) is 10.6 Å². The fourth-order valence-corrected chi connectivity index (χ4v) is 3.64. The van der Waals surface area contributed by atoms with Gasteiger partial charge in [-0.1, -0.05) is 30.3 Å². The highest BCUT2D eigenvalue weighted by Crippen LogP contribution is 2.27. The van der Waals surface area contributed by atoms with Crippen LogP contribution in [-0.2, 0) is 11.3 Å². The molecule has 0 amide bonds. The van der Waals surface area contributed by atoms with Crippen LogP contribution in [0.25, 0.3) is 16.5 Å². The smallest absolute Gasteiger partial charge is 0.343 e. The Morgan fingerprint density at radius 2 is 2.00 bits per heavy atom. The first-order valence-electron chi connectivity index (χ1n) is 8.51. The number of furan rings is 1. The molecule has 0 atom stereocenters. The van der Waals surface area contributed by atoms with Crippen LogP contribution in [0.2, 0.25) is 0 Å². The molecule has 0 spiro atoms. The predicted molar refractivity (Wildman–Crippen MR) is 104 cm³/mol. The average Bonchev–Trinajstić information content (AvgIpc) is 3.46. The number of aryl methyl sites for hydroxylation is 1. The summed E-state index contributed by atoms with van der Waals surface area (Å²) >= 11 is 1.49. The molecule has 28 heavy (non-hydrogen) atoms. The van der Waals surface area contributed by atoms with E-state index in [1.165, 1.54) is 11.3 Å². The van der Waals surface area contributed by atoms with Crippen LogP contribution >= 0.6 is 11.3 Å². The summed E-state index contributed by atoms with van der Waals surface area (Å²) in [6.07, 6.45) is 3.49. The molecule has 138 valence electrons. The zero-order valence-corrected chi connectivity index (χ0v) is 15.8. The Hall–Kier alpha value is -3.63. The van der Waals surface area contributed by atoms with Crippen LogP contribution in [0, 0.1) is 18.3 Å². The van der Waals surface area contributed by atoms with E-state index in [-0.39, 0.29) is 17.7 Å². The lowest BCUT2D eigenvalue weighted by atomic mass is 10.1. The number of thiazole rings is 1. The average molecular weight is 389 g/mol. The molecule has 0 fully saturated rings. The number of carbonyl (C=O) groups is 1. The lowest BCUT2D eigenvalue weighted by molar-refractivity contribution is 0.0466. The molecule has 1 aromatic carbocycles. The summed E-state index contributed by atoms with van der Waals surface area (Å²) in [4.78, 5) is 17.1. The number of hydrogen-bond acceptors (Lipinski definition) is 6. The highest BCUT2D eigenvalue weighted by atomic mass is 32.1. The monoisotopic (exact) mass is 389 g/mol. The van der Waals surface area contributed by atoms with Crippen molar-refractivity contribution in [3.8, 4) is 22.5 Å². The Balaban J connectivity index is 1.52. The quantitative estimate of drug-likeness (QED) is 0.461. The van der Waals surface area contributed by atoms with Crippen LogP contribution in [0.4, 0.5) is 0 Å². The van der Waals surface area contributed by atoms with Gasteiger partial charge in [-0.05, 0) is 19.1 Å². The van der Waals surface area contributed by atoms with Crippen molar-refractivity contribution >= 4 is 17.3 Å². The summed E-state index contributed by atoms with van der Waals surface area (Å²) in [5.74, 6) is 0.0379. The Morgan fingerprint density at radius 3 is 2.71 bits per heavy atom. The molecular weight excluding hydrogens is 374 g/mol. The van der Waals surface area contributed by atoms with E-state index in [9.17, 15) is 10.1 Å². The number of hydrogen-bond donors (Lipinski definition) is 0. The van der Waals surface area contributed by atoms with E-state index < -0.39 is 5.97 Å². The van der Waals surface area contributed by atoms with E-state index in [1.807, 2.05) is 53.9 Å². The molecule has 4 rings (SSSR count). The summed E-state index contributed by atoms with van der Waals surface area (Å²) < 4.78 is 12.7. The van der Waals surface area contributed by atoms with Gasteiger partial charge in [0.15, 0.2) is 0 Å². The van der Waals surface area contributed by atoms with Crippen molar-refractivity contribution in [2.75, 3.05) is 0 Å². The summed E-state index contributed by atoms with van der Waals surface area (Å²) in [5, 5.41) is 12.2. The van der Waals surface area contributed by atoms with Gasteiger partial charge in [0.05, 0.1) is 5.69 Å². The lowest BCUT2D eigenvalue weighted by Crippen LogP contribution is -2.08. The zero-order chi connectivity index (χ0) is 19.5. The second kappa shape index (κ2) is 7.55. The van der Waals surface area contributed by atoms with Crippen LogP contribution in [0.5, 0.6) is 0 Å². The number of nitrogens with zero attached hydrogens (tertiary/aromatic N) is 3. The van der Waals surface area contributed by atoms with Gasteiger partial charge < -0.3 is 9.15 Å². The molecular formula is C21H15N3O3S. The van der Waals surface area contributed by atoms with Gasteiger partial charge in [0.1, 0.15) is 34.6 Å². The number of nitriles is 1. The minimum Gasteiger partial charge on any atom is -0.455 e. The highest BCUT2D eigenvalue weighted by Gasteiger charge is 2.26. The molecule has 0 saturated carbocycles. The molecule has 4 aromatic rings. The van der Waals surface area contributed by atoms with Crippen LogP contribution in [-0.4, -0.2) is 15.5 Å². The molecule has 3 aromatic heterocycles. The number of benzene rings is 1. The minimum absolute atomic E-state index is 0.0243. The zero-order valence-electron chi connectivity index (χ0n) is 15.0.